The van der Waals surface area contributed by atoms with Crippen molar-refractivity contribution in [3.05, 3.63) is 28.6 Å². The largest absolute Gasteiger partial charge is 0.451 e. The van der Waals surface area contributed by atoms with E-state index in [2.05, 4.69) is 11.5 Å². The van der Waals surface area contributed by atoms with Crippen molar-refractivity contribution in [2.24, 2.45) is 0 Å². The van der Waals surface area contributed by atoms with Crippen LogP contribution in [0.5, 0.6) is 0 Å². The average Bonchev–Trinajstić information content (AvgIpc) is 2.90. The van der Waals surface area contributed by atoms with Crippen LogP contribution < -0.4 is 0 Å². The Morgan fingerprint density at radius 3 is 2.54 bits per heavy atom. The summed E-state index contributed by atoms with van der Waals surface area (Å²) in [5, 5.41) is 9.37. The summed E-state index contributed by atoms with van der Waals surface area (Å²) in [6.07, 6.45) is 2.40. The van der Waals surface area contributed by atoms with E-state index in [4.69, 9.17) is 9.47 Å². The molecule has 7 nitrogen and oxygen atoms in total. The number of morpholine rings is 1. The van der Waals surface area contributed by atoms with E-state index in [9.17, 15) is 14.9 Å². The molecule has 1 aliphatic heterocycles. The first kappa shape index (κ1) is 21.7. The highest BCUT2D eigenvalue weighted by Crippen LogP contribution is 2.19. The van der Waals surface area contributed by atoms with E-state index in [1.54, 1.807) is 4.90 Å². The number of esters is 1. The highest BCUT2D eigenvalue weighted by Gasteiger charge is 2.26. The second kappa shape index (κ2) is 9.56. The molecule has 1 saturated heterocycles. The van der Waals surface area contributed by atoms with Crippen LogP contribution in [-0.2, 0) is 25.6 Å². The second-order valence-electron chi connectivity index (χ2n) is 7.28. The molecule has 2 rings (SSSR count). The second-order valence-corrected chi connectivity index (χ2v) is 7.28. The lowest BCUT2D eigenvalue weighted by atomic mass is 10.1. The van der Waals surface area contributed by atoms with Crippen LogP contribution in [0.2, 0.25) is 0 Å². The quantitative estimate of drug-likeness (QED) is 0.426. The number of carbonyl (C=O) groups excluding carboxylic acids is 2. The zero-order chi connectivity index (χ0) is 20.8. The first-order chi connectivity index (χ1) is 13.3. The summed E-state index contributed by atoms with van der Waals surface area (Å²) >= 11 is 0. The summed E-state index contributed by atoms with van der Waals surface area (Å²) in [7, 11) is 0. The molecule has 152 valence electrons. The molecule has 2 atom stereocenters. The molecule has 7 heteroatoms. The van der Waals surface area contributed by atoms with Crippen molar-refractivity contribution in [1.82, 2.24) is 9.47 Å². The third-order valence-corrected chi connectivity index (χ3v) is 4.80. The highest BCUT2D eigenvalue weighted by atomic mass is 16.5. The first-order valence-electron chi connectivity index (χ1n) is 9.65. The molecule has 0 N–H and O–H groups in total. The van der Waals surface area contributed by atoms with Crippen molar-refractivity contribution in [2.75, 3.05) is 19.7 Å². The fourth-order valence-corrected chi connectivity index (χ4v) is 3.51. The van der Waals surface area contributed by atoms with Crippen LogP contribution in [0.25, 0.3) is 6.08 Å². The Morgan fingerprint density at radius 2 is 1.96 bits per heavy atom. The van der Waals surface area contributed by atoms with Crippen LogP contribution in [0.15, 0.2) is 11.6 Å². The Kier molecular flexibility index (Phi) is 7.41. The third-order valence-electron chi connectivity index (χ3n) is 4.80. The van der Waals surface area contributed by atoms with E-state index in [0.717, 1.165) is 29.9 Å². The lowest BCUT2D eigenvalue weighted by molar-refractivity contribution is -0.154. The van der Waals surface area contributed by atoms with Crippen molar-refractivity contribution < 1.29 is 19.1 Å². The smallest absolute Gasteiger partial charge is 0.349 e. The van der Waals surface area contributed by atoms with Crippen LogP contribution in [0, 0.1) is 25.2 Å². The fraction of sp³-hybridized carbons (Fsp3) is 0.571. The number of hydrogen-bond donors (Lipinski definition) is 0. The number of aryl methyl sites for hydroxylation is 1. The maximum atomic E-state index is 12.3. The van der Waals surface area contributed by atoms with Crippen LogP contribution in [-0.4, -0.2) is 53.2 Å². The van der Waals surface area contributed by atoms with Crippen molar-refractivity contribution in [3.8, 4) is 6.07 Å². The number of carbonyl (C=O) groups is 2. The molecule has 1 fully saturated rings. The molecule has 28 heavy (non-hydrogen) atoms. The van der Waals surface area contributed by atoms with Gasteiger partial charge in [-0.05, 0) is 51.8 Å². The van der Waals surface area contributed by atoms with E-state index in [1.165, 1.54) is 6.08 Å². The van der Waals surface area contributed by atoms with E-state index >= 15 is 0 Å². The molecule has 0 radical (unpaired) electrons. The van der Waals surface area contributed by atoms with Gasteiger partial charge in [0, 0.05) is 31.0 Å². The minimum Gasteiger partial charge on any atom is -0.451 e. The van der Waals surface area contributed by atoms with Gasteiger partial charge in [-0.25, -0.2) is 4.79 Å². The molecule has 1 amide bonds. The molecular weight excluding hydrogens is 358 g/mol. The van der Waals surface area contributed by atoms with E-state index < -0.39 is 5.97 Å². The van der Waals surface area contributed by atoms with Crippen LogP contribution in [0.1, 0.15) is 44.1 Å². The van der Waals surface area contributed by atoms with Gasteiger partial charge in [-0.15, -0.1) is 0 Å². The van der Waals surface area contributed by atoms with Gasteiger partial charge in [0.15, 0.2) is 6.61 Å². The minimum atomic E-state index is -0.787. The monoisotopic (exact) mass is 387 g/mol. The van der Waals surface area contributed by atoms with Crippen molar-refractivity contribution in [3.63, 3.8) is 0 Å². The van der Waals surface area contributed by atoms with Gasteiger partial charge in [-0.1, -0.05) is 6.92 Å². The standard InChI is InChI=1S/C21H29N3O4/c1-6-7-24-14(2)8-18(17(24)5)9-19(10-22)21(26)27-13-20(25)23-11-15(3)28-16(4)12-23/h8-9,15-16H,6-7,11-13H2,1-5H3/b19-9+/t15-,16+. The lowest BCUT2D eigenvalue weighted by Crippen LogP contribution is -2.49. The number of aromatic nitrogens is 1. The molecule has 0 bridgehead atoms. The van der Waals surface area contributed by atoms with Crippen LogP contribution in [0.4, 0.5) is 0 Å². The predicted octanol–water partition coefficient (Wildman–Crippen LogP) is 2.60. The molecule has 0 unspecified atom stereocenters. The number of hydrogen-bond acceptors (Lipinski definition) is 5. The van der Waals surface area contributed by atoms with Gasteiger partial charge in [0.25, 0.3) is 5.91 Å². The molecule has 1 aliphatic rings. The Hall–Kier alpha value is -2.59. The molecule has 0 saturated carbocycles. The number of nitriles is 1. The van der Waals surface area contributed by atoms with Crippen molar-refractivity contribution >= 4 is 18.0 Å². The number of ether oxygens (including phenoxy) is 2. The van der Waals surface area contributed by atoms with Gasteiger partial charge in [0.2, 0.25) is 0 Å². The Labute approximate surface area is 166 Å². The predicted molar refractivity (Wildman–Crippen MR) is 105 cm³/mol. The molecule has 0 spiro atoms. The SMILES string of the molecule is CCCn1c(C)cc(/C=C(\C#N)C(=O)OCC(=O)N2C[C@@H](C)O[C@@H](C)C2)c1C. The molecule has 0 aliphatic carbocycles. The summed E-state index contributed by atoms with van der Waals surface area (Å²) in [4.78, 5) is 26.3. The summed E-state index contributed by atoms with van der Waals surface area (Å²) in [6.45, 7) is 11.3. The maximum Gasteiger partial charge on any atom is 0.349 e. The van der Waals surface area contributed by atoms with Crippen LogP contribution in [0.3, 0.4) is 0 Å². The lowest BCUT2D eigenvalue weighted by Gasteiger charge is -2.35. The molecular formula is C21H29N3O4. The van der Waals surface area contributed by atoms with Crippen LogP contribution >= 0.6 is 0 Å². The molecule has 1 aromatic heterocycles. The fourth-order valence-electron chi connectivity index (χ4n) is 3.51. The van der Waals surface area contributed by atoms with Crippen molar-refractivity contribution in [2.45, 2.75) is 59.8 Å². The number of nitrogens with zero attached hydrogens (tertiary/aromatic N) is 3. The molecule has 1 aromatic rings. The van der Waals surface area contributed by atoms with E-state index in [0.29, 0.717) is 13.1 Å². The van der Waals surface area contributed by atoms with Gasteiger partial charge in [-0.2, -0.15) is 5.26 Å². The zero-order valence-electron chi connectivity index (χ0n) is 17.3. The normalized spacial score (nSPS) is 20.0. The van der Waals surface area contributed by atoms with Gasteiger partial charge in [0.1, 0.15) is 11.6 Å². The molecule has 0 aromatic carbocycles. The zero-order valence-corrected chi connectivity index (χ0v) is 17.3. The summed E-state index contributed by atoms with van der Waals surface area (Å²) in [6, 6.07) is 3.83. The van der Waals surface area contributed by atoms with Gasteiger partial charge in [-0.3, -0.25) is 4.79 Å². The Morgan fingerprint density at radius 1 is 1.32 bits per heavy atom. The van der Waals surface area contributed by atoms with E-state index in [-0.39, 0.29) is 30.3 Å². The highest BCUT2D eigenvalue weighted by molar-refractivity contribution is 5.99. The minimum absolute atomic E-state index is 0.0589. The maximum absolute atomic E-state index is 12.3. The summed E-state index contributed by atoms with van der Waals surface area (Å²) in [5.74, 6) is -1.07. The molecule has 2 heterocycles. The number of rotatable bonds is 6. The van der Waals surface area contributed by atoms with Gasteiger partial charge in [0.05, 0.1) is 12.2 Å². The Balaban J connectivity index is 2.04. The summed E-state index contributed by atoms with van der Waals surface area (Å²) < 4.78 is 12.9. The van der Waals surface area contributed by atoms with Crippen molar-refractivity contribution in [1.29, 1.82) is 5.26 Å². The third kappa shape index (κ3) is 5.23. The topological polar surface area (TPSA) is 84.6 Å². The van der Waals surface area contributed by atoms with Gasteiger partial charge >= 0.3 is 5.97 Å². The number of amides is 1. The van der Waals surface area contributed by atoms with E-state index in [1.807, 2.05) is 39.8 Å². The summed E-state index contributed by atoms with van der Waals surface area (Å²) in [5.41, 5.74) is 2.75. The Bertz CT molecular complexity index is 793. The first-order valence-corrected chi connectivity index (χ1v) is 9.65. The average molecular weight is 387 g/mol. The van der Waals surface area contributed by atoms with Gasteiger partial charge < -0.3 is 18.9 Å².